The molecule has 1 aliphatic rings. The third kappa shape index (κ3) is 5.32. The summed E-state index contributed by atoms with van der Waals surface area (Å²) in [5, 5.41) is 6.80. The predicted molar refractivity (Wildman–Crippen MR) is 108 cm³/mol. The molecular weight excluding hydrogens is 352 g/mol. The van der Waals surface area contributed by atoms with Crippen molar-refractivity contribution in [2.45, 2.75) is 52.6 Å². The molecule has 1 aliphatic heterocycles. The largest absolute Gasteiger partial charge is 0.381 e. The zero-order valence-corrected chi connectivity index (χ0v) is 16.6. The van der Waals surface area contributed by atoms with Crippen LogP contribution in [0.1, 0.15) is 44.7 Å². The molecule has 0 spiro atoms. The van der Waals surface area contributed by atoms with Gasteiger partial charge in [-0.2, -0.15) is 0 Å². The first-order valence-corrected chi connectivity index (χ1v) is 9.25. The van der Waals surface area contributed by atoms with Crippen LogP contribution in [0.4, 0.5) is 11.4 Å². The minimum atomic E-state index is -0.471. The van der Waals surface area contributed by atoms with Crippen LogP contribution in [0.5, 0.6) is 0 Å². The number of anilines is 2. The molecule has 1 fully saturated rings. The minimum Gasteiger partial charge on any atom is -0.381 e. The maximum absolute atomic E-state index is 11.7. The van der Waals surface area contributed by atoms with Crippen molar-refractivity contribution in [2.24, 2.45) is 0 Å². The van der Waals surface area contributed by atoms with Gasteiger partial charge in [-0.1, -0.05) is 23.7 Å². The first kappa shape index (κ1) is 20.5. The van der Waals surface area contributed by atoms with Crippen LogP contribution in [0.15, 0.2) is 27.8 Å². The number of rotatable bonds is 4. The fraction of sp³-hybridized carbons (Fsp3) is 0.500. The number of benzene rings is 1. The molecule has 0 unspecified atom stereocenters. The highest BCUT2D eigenvalue weighted by molar-refractivity contribution is 6.31. The highest BCUT2D eigenvalue weighted by Gasteiger charge is 2.24. The van der Waals surface area contributed by atoms with Crippen molar-refractivity contribution in [2.75, 3.05) is 23.8 Å². The number of ether oxygens (including phenoxy) is 1. The van der Waals surface area contributed by atoms with Gasteiger partial charge in [-0.3, -0.25) is 9.59 Å². The maximum atomic E-state index is 11.7. The first-order valence-electron chi connectivity index (χ1n) is 8.88. The lowest BCUT2D eigenvalue weighted by Crippen LogP contribution is -2.41. The molecule has 1 saturated heterocycles. The SMILES string of the molecule is C1CCOC1.Cc1c(Cl)cccc1CNc1c(NC(C)(C)C)c(=O)c1=O. The van der Waals surface area contributed by atoms with Gasteiger partial charge >= 0.3 is 0 Å². The van der Waals surface area contributed by atoms with E-state index in [2.05, 4.69) is 10.6 Å². The fourth-order valence-electron chi connectivity index (χ4n) is 2.59. The summed E-state index contributed by atoms with van der Waals surface area (Å²) in [5.41, 5.74) is 1.48. The molecule has 2 aromatic carbocycles. The Morgan fingerprint density at radius 3 is 2.23 bits per heavy atom. The van der Waals surface area contributed by atoms with Crippen molar-refractivity contribution in [3.63, 3.8) is 0 Å². The number of hydrogen-bond acceptors (Lipinski definition) is 5. The highest BCUT2D eigenvalue weighted by atomic mass is 35.5. The molecule has 0 atom stereocenters. The van der Waals surface area contributed by atoms with Crippen LogP contribution < -0.4 is 21.5 Å². The van der Waals surface area contributed by atoms with Crippen LogP contribution in [0.3, 0.4) is 0 Å². The van der Waals surface area contributed by atoms with Gasteiger partial charge in [0.2, 0.25) is 0 Å². The van der Waals surface area contributed by atoms with E-state index in [4.69, 9.17) is 16.3 Å². The van der Waals surface area contributed by atoms with E-state index in [-0.39, 0.29) is 5.54 Å². The van der Waals surface area contributed by atoms with E-state index in [0.717, 1.165) is 24.3 Å². The van der Waals surface area contributed by atoms with E-state index < -0.39 is 10.9 Å². The van der Waals surface area contributed by atoms with Gasteiger partial charge in [-0.15, -0.1) is 0 Å². The number of halogens is 1. The van der Waals surface area contributed by atoms with Crippen molar-refractivity contribution in [1.82, 2.24) is 0 Å². The second kappa shape index (κ2) is 8.69. The summed E-state index contributed by atoms with van der Waals surface area (Å²) in [5.74, 6) is 0. The minimum absolute atomic E-state index is 0.273. The Morgan fingerprint density at radius 2 is 1.69 bits per heavy atom. The summed E-state index contributed by atoms with van der Waals surface area (Å²) in [6, 6.07) is 5.63. The molecule has 0 bridgehead atoms. The molecule has 0 radical (unpaired) electrons. The fourth-order valence-corrected chi connectivity index (χ4v) is 2.79. The quantitative estimate of drug-likeness (QED) is 0.790. The Morgan fingerprint density at radius 1 is 1.08 bits per heavy atom. The van der Waals surface area contributed by atoms with E-state index >= 15 is 0 Å². The third-order valence-electron chi connectivity index (χ3n) is 4.07. The van der Waals surface area contributed by atoms with E-state index in [1.165, 1.54) is 12.8 Å². The molecule has 0 amide bonds. The van der Waals surface area contributed by atoms with Crippen molar-refractivity contribution < 1.29 is 4.74 Å². The summed E-state index contributed by atoms with van der Waals surface area (Å²) >= 11 is 6.07. The Hall–Kier alpha value is -1.85. The van der Waals surface area contributed by atoms with Gasteiger partial charge in [0.05, 0.1) is 0 Å². The molecule has 1 heterocycles. The smallest absolute Gasteiger partial charge is 0.253 e. The van der Waals surface area contributed by atoms with Crippen molar-refractivity contribution in [1.29, 1.82) is 0 Å². The van der Waals surface area contributed by atoms with Crippen LogP contribution in [-0.4, -0.2) is 18.8 Å². The number of hydrogen-bond donors (Lipinski definition) is 2. The Kier molecular flexibility index (Phi) is 6.84. The van der Waals surface area contributed by atoms with Gasteiger partial charge in [-0.05, 0) is 57.7 Å². The molecule has 2 N–H and O–H groups in total. The summed E-state index contributed by atoms with van der Waals surface area (Å²) < 4.78 is 4.94. The zero-order chi connectivity index (χ0) is 19.3. The van der Waals surface area contributed by atoms with Gasteiger partial charge in [0.25, 0.3) is 10.9 Å². The van der Waals surface area contributed by atoms with Crippen LogP contribution >= 0.6 is 11.6 Å². The Bertz CT molecular complexity index is 806. The molecule has 0 saturated carbocycles. The zero-order valence-electron chi connectivity index (χ0n) is 15.9. The van der Waals surface area contributed by atoms with Crippen LogP contribution in [0, 0.1) is 6.92 Å². The van der Waals surface area contributed by atoms with Crippen molar-refractivity contribution in [3.05, 3.63) is 54.8 Å². The second-order valence-corrected chi connectivity index (χ2v) is 7.89. The summed E-state index contributed by atoms with van der Waals surface area (Å²) in [4.78, 5) is 23.3. The molecule has 3 rings (SSSR count). The third-order valence-corrected chi connectivity index (χ3v) is 4.48. The summed E-state index contributed by atoms with van der Waals surface area (Å²) in [7, 11) is 0. The monoisotopic (exact) mass is 378 g/mol. The molecular formula is C20H27ClN2O3. The average molecular weight is 379 g/mol. The molecule has 2 aromatic rings. The number of nitrogens with one attached hydrogen (secondary N) is 2. The van der Waals surface area contributed by atoms with E-state index in [9.17, 15) is 9.59 Å². The second-order valence-electron chi connectivity index (χ2n) is 7.48. The van der Waals surface area contributed by atoms with Crippen LogP contribution in [0.2, 0.25) is 5.02 Å². The van der Waals surface area contributed by atoms with Crippen LogP contribution in [0.25, 0.3) is 0 Å². The lowest BCUT2D eigenvalue weighted by Gasteiger charge is -2.25. The molecule has 0 aromatic heterocycles. The molecule has 6 heteroatoms. The summed E-state index contributed by atoms with van der Waals surface area (Å²) in [6.45, 7) is 10.2. The normalized spacial score (nSPS) is 14.0. The molecule has 5 nitrogen and oxygen atoms in total. The van der Waals surface area contributed by atoms with Gasteiger partial charge in [0.15, 0.2) is 0 Å². The average Bonchev–Trinajstić information content (AvgIpc) is 3.16. The van der Waals surface area contributed by atoms with Gasteiger partial charge in [-0.25, -0.2) is 0 Å². The lowest BCUT2D eigenvalue weighted by atomic mass is 10.1. The van der Waals surface area contributed by atoms with Crippen molar-refractivity contribution >= 4 is 23.0 Å². The molecule has 26 heavy (non-hydrogen) atoms. The van der Waals surface area contributed by atoms with E-state index in [0.29, 0.717) is 22.9 Å². The predicted octanol–water partition coefficient (Wildman–Crippen LogP) is 3.86. The van der Waals surface area contributed by atoms with E-state index in [1.807, 2.05) is 45.9 Å². The first-order chi connectivity index (χ1) is 12.2. The lowest BCUT2D eigenvalue weighted by molar-refractivity contribution is 0.198. The maximum Gasteiger partial charge on any atom is 0.253 e. The van der Waals surface area contributed by atoms with Gasteiger partial charge in [0, 0.05) is 30.3 Å². The van der Waals surface area contributed by atoms with Gasteiger partial charge in [0.1, 0.15) is 11.4 Å². The highest BCUT2D eigenvalue weighted by Crippen LogP contribution is 2.22. The standard InChI is InChI=1S/C16H19ClN2O2.C4H8O/c1-9-10(6-5-7-11(9)17)8-18-12-13(15(21)14(12)20)19-16(2,3)4;1-2-4-5-3-1/h5-7,18-19H,8H2,1-4H3;1-4H2. The van der Waals surface area contributed by atoms with E-state index in [1.54, 1.807) is 0 Å². The van der Waals surface area contributed by atoms with Crippen molar-refractivity contribution in [3.8, 4) is 0 Å². The Balaban J connectivity index is 0.000000417. The topological polar surface area (TPSA) is 67.4 Å². The molecule has 0 aliphatic carbocycles. The summed E-state index contributed by atoms with van der Waals surface area (Å²) in [6.07, 6.45) is 2.56. The molecule has 142 valence electrons. The van der Waals surface area contributed by atoms with Gasteiger partial charge < -0.3 is 15.4 Å². The van der Waals surface area contributed by atoms with Crippen LogP contribution in [-0.2, 0) is 11.3 Å². The Labute approximate surface area is 159 Å².